The number of carbonyl (C=O) groups excluding carboxylic acids is 1. The van der Waals surface area contributed by atoms with Crippen molar-refractivity contribution in [1.29, 1.82) is 0 Å². The maximum atomic E-state index is 12.2. The van der Waals surface area contributed by atoms with Gasteiger partial charge in [-0.05, 0) is 25.5 Å². The number of rotatable bonds is 6. The molecule has 1 saturated heterocycles. The van der Waals surface area contributed by atoms with E-state index in [4.69, 9.17) is 4.74 Å². The van der Waals surface area contributed by atoms with Crippen LogP contribution in [0.2, 0.25) is 0 Å². The summed E-state index contributed by atoms with van der Waals surface area (Å²) < 4.78 is 28.4. The van der Waals surface area contributed by atoms with Crippen molar-refractivity contribution in [2.75, 3.05) is 24.7 Å². The second kappa shape index (κ2) is 6.95. The van der Waals surface area contributed by atoms with Gasteiger partial charge in [-0.2, -0.15) is 0 Å². The van der Waals surface area contributed by atoms with Crippen LogP contribution in [0.25, 0.3) is 0 Å². The van der Waals surface area contributed by atoms with E-state index in [0.717, 1.165) is 0 Å². The third-order valence-corrected chi connectivity index (χ3v) is 5.47. The van der Waals surface area contributed by atoms with Gasteiger partial charge in [-0.25, -0.2) is 8.42 Å². The van der Waals surface area contributed by atoms with Crippen molar-refractivity contribution in [2.45, 2.75) is 19.4 Å². The fraction of sp³-hybridized carbons (Fsp3) is 0.500. The highest BCUT2D eigenvalue weighted by Gasteiger charge is 2.33. The topological polar surface area (TPSA) is 107 Å². The van der Waals surface area contributed by atoms with Gasteiger partial charge < -0.3 is 9.64 Å². The summed E-state index contributed by atoms with van der Waals surface area (Å²) in [6.07, 6.45) is 0.444. The Labute approximate surface area is 134 Å². The zero-order chi connectivity index (χ0) is 17.0. The zero-order valence-electron chi connectivity index (χ0n) is 12.7. The summed E-state index contributed by atoms with van der Waals surface area (Å²) in [6, 6.07) is 5.11. The number of sulfone groups is 1. The van der Waals surface area contributed by atoms with Crippen LogP contribution in [-0.4, -0.2) is 54.8 Å². The highest BCUT2D eigenvalue weighted by molar-refractivity contribution is 7.91. The molecule has 1 atom stereocenters. The molecule has 23 heavy (non-hydrogen) atoms. The van der Waals surface area contributed by atoms with E-state index in [1.54, 1.807) is 6.92 Å². The summed E-state index contributed by atoms with van der Waals surface area (Å²) in [5.74, 6) is 0.140. The second-order valence-electron chi connectivity index (χ2n) is 5.28. The monoisotopic (exact) mass is 342 g/mol. The third kappa shape index (κ3) is 4.41. The Kier molecular flexibility index (Phi) is 5.19. The Hall–Kier alpha value is -2.16. The van der Waals surface area contributed by atoms with Gasteiger partial charge >= 0.3 is 0 Å². The Bertz CT molecular complexity index is 686. The molecule has 0 saturated carbocycles. The normalized spacial score (nSPS) is 19.3. The quantitative estimate of drug-likeness (QED) is 0.564. The largest absolute Gasteiger partial charge is 0.484 e. The molecule has 1 aliphatic heterocycles. The van der Waals surface area contributed by atoms with Gasteiger partial charge in [-0.15, -0.1) is 0 Å². The van der Waals surface area contributed by atoms with Crippen LogP contribution in [-0.2, 0) is 14.6 Å². The number of nitrogens with zero attached hydrogens (tertiary/aromatic N) is 2. The van der Waals surface area contributed by atoms with Crippen molar-refractivity contribution >= 4 is 21.4 Å². The Morgan fingerprint density at radius 2 is 2.04 bits per heavy atom. The lowest BCUT2D eigenvalue weighted by molar-refractivity contribution is -0.384. The molecule has 9 heteroatoms. The number of nitro benzene ring substituents is 1. The van der Waals surface area contributed by atoms with Crippen LogP contribution in [0.15, 0.2) is 24.3 Å². The molecule has 0 bridgehead atoms. The molecule has 126 valence electrons. The van der Waals surface area contributed by atoms with E-state index >= 15 is 0 Å². The lowest BCUT2D eigenvalue weighted by Gasteiger charge is -2.26. The molecular weight excluding hydrogens is 324 g/mol. The van der Waals surface area contributed by atoms with Crippen LogP contribution in [0, 0.1) is 10.1 Å². The number of hydrogen-bond acceptors (Lipinski definition) is 6. The summed E-state index contributed by atoms with van der Waals surface area (Å²) in [6.45, 7) is 1.96. The van der Waals surface area contributed by atoms with E-state index in [9.17, 15) is 23.3 Å². The van der Waals surface area contributed by atoms with Crippen LogP contribution in [0.4, 0.5) is 5.69 Å². The molecule has 0 spiro atoms. The number of nitro groups is 1. The van der Waals surface area contributed by atoms with Gasteiger partial charge in [0.2, 0.25) is 0 Å². The van der Waals surface area contributed by atoms with Crippen LogP contribution < -0.4 is 4.74 Å². The van der Waals surface area contributed by atoms with Crippen molar-refractivity contribution in [3.05, 3.63) is 34.4 Å². The number of likely N-dealkylation sites (N-methyl/N-ethyl adjacent to an activating group) is 1. The summed E-state index contributed by atoms with van der Waals surface area (Å²) in [5.41, 5.74) is -0.0602. The van der Waals surface area contributed by atoms with Crippen LogP contribution >= 0.6 is 0 Å². The average Bonchev–Trinajstić information content (AvgIpc) is 2.86. The van der Waals surface area contributed by atoms with Gasteiger partial charge in [0.05, 0.1) is 16.4 Å². The first-order valence-corrected chi connectivity index (χ1v) is 9.01. The number of carbonyl (C=O) groups is 1. The van der Waals surface area contributed by atoms with Gasteiger partial charge in [0.15, 0.2) is 16.4 Å². The molecule has 0 unspecified atom stereocenters. The van der Waals surface area contributed by atoms with Crippen molar-refractivity contribution in [2.24, 2.45) is 0 Å². The van der Waals surface area contributed by atoms with E-state index in [-0.39, 0.29) is 35.7 Å². The number of ether oxygens (including phenoxy) is 1. The molecule has 1 heterocycles. The van der Waals surface area contributed by atoms with E-state index in [2.05, 4.69) is 0 Å². The molecule has 0 radical (unpaired) electrons. The molecule has 1 amide bonds. The molecule has 8 nitrogen and oxygen atoms in total. The predicted molar refractivity (Wildman–Crippen MR) is 83.0 cm³/mol. The predicted octanol–water partition coefficient (Wildman–Crippen LogP) is 1.01. The van der Waals surface area contributed by atoms with Gasteiger partial charge in [-0.3, -0.25) is 14.9 Å². The standard InChI is InChI=1S/C14H18N2O6S/c1-2-15(12-7-8-23(20,21)10-12)14(17)9-22-13-5-3-11(4-6-13)16(18)19/h3-6,12H,2,7-10H2,1H3/t12-/m1/s1. The molecule has 1 fully saturated rings. The molecule has 0 aromatic heterocycles. The summed E-state index contributed by atoms with van der Waals surface area (Å²) >= 11 is 0. The van der Waals surface area contributed by atoms with Gasteiger partial charge in [0, 0.05) is 24.7 Å². The SMILES string of the molecule is CCN(C(=O)COc1ccc([N+](=O)[O-])cc1)[C@@H]1CCS(=O)(=O)C1. The fourth-order valence-corrected chi connectivity index (χ4v) is 4.28. The second-order valence-corrected chi connectivity index (χ2v) is 7.51. The molecule has 1 aromatic rings. The van der Waals surface area contributed by atoms with Gasteiger partial charge in [0.1, 0.15) is 5.75 Å². The number of hydrogen-bond donors (Lipinski definition) is 0. The smallest absolute Gasteiger partial charge is 0.269 e. The maximum absolute atomic E-state index is 12.2. The summed E-state index contributed by atoms with van der Waals surface area (Å²) in [7, 11) is -3.06. The minimum atomic E-state index is -3.06. The molecule has 2 rings (SSSR count). The van der Waals surface area contributed by atoms with E-state index in [0.29, 0.717) is 18.7 Å². The first-order chi connectivity index (χ1) is 10.8. The maximum Gasteiger partial charge on any atom is 0.269 e. The first kappa shape index (κ1) is 17.2. The van der Waals surface area contributed by atoms with E-state index in [1.807, 2.05) is 0 Å². The summed E-state index contributed by atoms with van der Waals surface area (Å²) in [4.78, 5) is 23.8. The van der Waals surface area contributed by atoms with E-state index in [1.165, 1.54) is 29.2 Å². The van der Waals surface area contributed by atoms with E-state index < -0.39 is 14.8 Å². The third-order valence-electron chi connectivity index (χ3n) is 3.72. The lowest BCUT2D eigenvalue weighted by Crippen LogP contribution is -2.43. The number of benzene rings is 1. The van der Waals surface area contributed by atoms with Crippen molar-refractivity contribution in [1.82, 2.24) is 4.90 Å². The highest BCUT2D eigenvalue weighted by atomic mass is 32.2. The minimum absolute atomic E-state index is 0.00981. The summed E-state index contributed by atoms with van der Waals surface area (Å²) in [5, 5.41) is 10.6. The van der Waals surface area contributed by atoms with Gasteiger partial charge in [-0.1, -0.05) is 0 Å². The Morgan fingerprint density at radius 1 is 1.39 bits per heavy atom. The number of amides is 1. The van der Waals surface area contributed by atoms with Crippen LogP contribution in [0.3, 0.4) is 0 Å². The minimum Gasteiger partial charge on any atom is -0.484 e. The highest BCUT2D eigenvalue weighted by Crippen LogP contribution is 2.19. The Balaban J connectivity index is 1.93. The number of non-ortho nitro benzene ring substituents is 1. The van der Waals surface area contributed by atoms with Crippen molar-refractivity contribution in [3.63, 3.8) is 0 Å². The van der Waals surface area contributed by atoms with Crippen molar-refractivity contribution in [3.8, 4) is 5.75 Å². The Morgan fingerprint density at radius 3 is 2.52 bits per heavy atom. The van der Waals surface area contributed by atoms with Crippen molar-refractivity contribution < 1.29 is 22.9 Å². The molecule has 0 aliphatic carbocycles. The van der Waals surface area contributed by atoms with Crippen LogP contribution in [0.1, 0.15) is 13.3 Å². The molecular formula is C14H18N2O6S. The average molecular weight is 342 g/mol. The zero-order valence-corrected chi connectivity index (χ0v) is 13.5. The fourth-order valence-electron chi connectivity index (χ4n) is 2.55. The lowest BCUT2D eigenvalue weighted by atomic mass is 10.2. The first-order valence-electron chi connectivity index (χ1n) is 7.19. The molecule has 1 aromatic carbocycles. The molecule has 0 N–H and O–H groups in total. The molecule has 1 aliphatic rings. The van der Waals surface area contributed by atoms with Gasteiger partial charge in [0.25, 0.3) is 11.6 Å². The van der Waals surface area contributed by atoms with Crippen LogP contribution in [0.5, 0.6) is 5.75 Å².